The third-order valence-corrected chi connectivity index (χ3v) is 7.43. The van der Waals surface area contributed by atoms with E-state index in [0.29, 0.717) is 47.3 Å². The van der Waals surface area contributed by atoms with Gasteiger partial charge in [0.25, 0.3) is 0 Å². The molecule has 0 unspecified atom stereocenters. The molecular formula is C25H32O7. The summed E-state index contributed by atoms with van der Waals surface area (Å²) in [6.45, 7) is 1.36. The molecule has 7 nitrogen and oxygen atoms in total. The van der Waals surface area contributed by atoms with Gasteiger partial charge in [0.15, 0.2) is 5.43 Å². The predicted octanol–water partition coefficient (Wildman–Crippen LogP) is 3.31. The minimum absolute atomic E-state index is 0.0330. The zero-order chi connectivity index (χ0) is 22.5. The van der Waals surface area contributed by atoms with Crippen molar-refractivity contribution in [3.05, 3.63) is 33.2 Å². The van der Waals surface area contributed by atoms with E-state index in [4.69, 9.17) is 13.9 Å². The Morgan fingerprint density at radius 1 is 1.19 bits per heavy atom. The molecule has 2 heterocycles. The van der Waals surface area contributed by atoms with Crippen molar-refractivity contribution in [3.8, 4) is 11.5 Å². The van der Waals surface area contributed by atoms with Crippen LogP contribution >= 0.6 is 0 Å². The van der Waals surface area contributed by atoms with Crippen molar-refractivity contribution in [1.82, 2.24) is 0 Å². The van der Waals surface area contributed by atoms with E-state index in [1.807, 2.05) is 6.92 Å². The molecule has 1 aliphatic heterocycles. The molecule has 0 saturated heterocycles. The van der Waals surface area contributed by atoms with Gasteiger partial charge in [0.2, 0.25) is 0 Å². The summed E-state index contributed by atoms with van der Waals surface area (Å²) in [5, 5.41) is 30.5. The van der Waals surface area contributed by atoms with E-state index >= 15 is 0 Å². The molecule has 3 N–H and O–H groups in total. The lowest BCUT2D eigenvalue weighted by atomic mass is 9.74. The second kappa shape index (κ2) is 8.36. The van der Waals surface area contributed by atoms with Crippen LogP contribution in [-0.2, 0) is 13.0 Å². The van der Waals surface area contributed by atoms with Crippen LogP contribution in [0.25, 0.3) is 11.0 Å². The smallest absolute Gasteiger partial charge is 0.200 e. The van der Waals surface area contributed by atoms with Crippen molar-refractivity contribution < 1.29 is 29.2 Å². The summed E-state index contributed by atoms with van der Waals surface area (Å²) in [5.41, 5.74) is 0.406. The van der Waals surface area contributed by atoms with Crippen LogP contribution in [-0.4, -0.2) is 39.7 Å². The Kier molecular flexibility index (Phi) is 5.68. The minimum atomic E-state index is -0.960. The molecule has 32 heavy (non-hydrogen) atoms. The lowest BCUT2D eigenvalue weighted by Crippen LogP contribution is -2.47. The van der Waals surface area contributed by atoms with Gasteiger partial charge in [-0.2, -0.15) is 0 Å². The number of aliphatic hydroxyl groups is 3. The summed E-state index contributed by atoms with van der Waals surface area (Å²) in [6.07, 6.45) is 6.84. The molecule has 5 rings (SSSR count). The Balaban J connectivity index is 1.74. The Hall–Kier alpha value is -2.09. The number of ether oxygens (including phenoxy) is 2. The fourth-order valence-electron chi connectivity index (χ4n) is 5.82. The molecular weight excluding hydrogens is 412 g/mol. The maximum absolute atomic E-state index is 13.7. The van der Waals surface area contributed by atoms with E-state index in [9.17, 15) is 20.1 Å². The topological polar surface area (TPSA) is 109 Å². The first-order valence-corrected chi connectivity index (χ1v) is 11.9. The lowest BCUT2D eigenvalue weighted by Gasteiger charge is -2.37. The number of benzene rings is 1. The molecule has 2 fully saturated rings. The van der Waals surface area contributed by atoms with Crippen molar-refractivity contribution in [2.45, 2.75) is 95.0 Å². The van der Waals surface area contributed by atoms with Crippen LogP contribution in [0, 0.1) is 0 Å². The predicted molar refractivity (Wildman–Crippen MR) is 118 cm³/mol. The Bertz CT molecular complexity index is 1060. The first kappa shape index (κ1) is 21.7. The highest BCUT2D eigenvalue weighted by Crippen LogP contribution is 2.54. The van der Waals surface area contributed by atoms with Crippen molar-refractivity contribution in [2.24, 2.45) is 0 Å². The van der Waals surface area contributed by atoms with Gasteiger partial charge in [0.05, 0.1) is 11.7 Å². The summed E-state index contributed by atoms with van der Waals surface area (Å²) in [7, 11) is 0. The third-order valence-electron chi connectivity index (χ3n) is 7.43. The van der Waals surface area contributed by atoms with Gasteiger partial charge in [0.1, 0.15) is 40.9 Å². The zero-order valence-corrected chi connectivity index (χ0v) is 18.6. The monoisotopic (exact) mass is 444 g/mol. The van der Waals surface area contributed by atoms with Gasteiger partial charge < -0.3 is 29.2 Å². The number of hydrogen-bond acceptors (Lipinski definition) is 7. The molecule has 2 aromatic rings. The fraction of sp³-hybridized carbons (Fsp3) is 0.640. The number of aliphatic hydroxyl groups excluding tert-OH is 2. The fourth-order valence-corrected chi connectivity index (χ4v) is 5.82. The van der Waals surface area contributed by atoms with Gasteiger partial charge in [0, 0.05) is 29.7 Å². The van der Waals surface area contributed by atoms with Crippen LogP contribution in [0.1, 0.15) is 81.1 Å². The van der Waals surface area contributed by atoms with E-state index in [-0.39, 0.29) is 29.8 Å². The largest absolute Gasteiger partial charge is 0.489 e. The molecule has 7 heteroatoms. The van der Waals surface area contributed by atoms with E-state index in [0.717, 1.165) is 44.1 Å². The van der Waals surface area contributed by atoms with Crippen LogP contribution in [0.5, 0.6) is 11.5 Å². The van der Waals surface area contributed by atoms with Crippen LogP contribution in [0.2, 0.25) is 0 Å². The number of fused-ring (bicyclic) bond motifs is 4. The van der Waals surface area contributed by atoms with Crippen LogP contribution in [0.4, 0.5) is 0 Å². The van der Waals surface area contributed by atoms with Crippen LogP contribution in [0.3, 0.4) is 0 Å². The van der Waals surface area contributed by atoms with Gasteiger partial charge >= 0.3 is 0 Å². The molecule has 1 aromatic heterocycles. The van der Waals surface area contributed by atoms with Crippen molar-refractivity contribution in [2.75, 3.05) is 6.61 Å². The standard InChI is InChI=1S/C25H32O7/c1-25(29)10-4-8-16-20-17(32-24(16)25)12-18-21(23(20)30-14-6-2-3-7-14)22(28)15(9-5-11-26)19(13-27)31-18/h12,14,16,24,26-27,29H,2-11,13H2,1H3/t16-,24-,25-/m0/s1. The maximum Gasteiger partial charge on any atom is 0.200 e. The van der Waals surface area contributed by atoms with Gasteiger partial charge in [-0.1, -0.05) is 0 Å². The van der Waals surface area contributed by atoms with E-state index in [1.54, 1.807) is 6.07 Å². The summed E-state index contributed by atoms with van der Waals surface area (Å²) in [6, 6.07) is 1.72. The van der Waals surface area contributed by atoms with E-state index in [2.05, 4.69) is 0 Å². The highest BCUT2D eigenvalue weighted by atomic mass is 16.5. The molecule has 3 atom stereocenters. The molecule has 174 valence electrons. The number of hydrogen-bond donors (Lipinski definition) is 3. The molecule has 0 radical (unpaired) electrons. The molecule has 1 aromatic carbocycles. The minimum Gasteiger partial charge on any atom is -0.489 e. The summed E-state index contributed by atoms with van der Waals surface area (Å²) in [5.74, 6) is 1.29. The van der Waals surface area contributed by atoms with Crippen LogP contribution < -0.4 is 14.9 Å². The SMILES string of the molecule is C[C@]1(O)CCC[C@H]2c3c(cc4oc(CO)c(CCCO)c(=O)c4c3OC3CCCC3)O[C@@H]21. The molecule has 0 spiro atoms. The van der Waals surface area contributed by atoms with E-state index in [1.165, 1.54) is 0 Å². The van der Waals surface area contributed by atoms with Gasteiger partial charge in [-0.05, 0) is 64.7 Å². The second-order valence-electron chi connectivity index (χ2n) is 9.73. The molecule has 2 aliphatic carbocycles. The Morgan fingerprint density at radius 2 is 1.97 bits per heavy atom. The zero-order valence-electron chi connectivity index (χ0n) is 18.6. The first-order valence-electron chi connectivity index (χ1n) is 11.9. The Labute approximate surface area is 187 Å². The van der Waals surface area contributed by atoms with Crippen LogP contribution in [0.15, 0.2) is 15.3 Å². The molecule has 3 aliphatic rings. The van der Waals surface area contributed by atoms with Gasteiger partial charge in [-0.3, -0.25) is 4.79 Å². The molecule has 0 amide bonds. The third kappa shape index (κ3) is 3.51. The quantitative estimate of drug-likeness (QED) is 0.627. The average molecular weight is 445 g/mol. The molecule has 0 bridgehead atoms. The lowest BCUT2D eigenvalue weighted by molar-refractivity contribution is -0.0725. The normalized spacial score (nSPS) is 27.4. The highest BCUT2D eigenvalue weighted by molar-refractivity contribution is 5.89. The molecule has 2 saturated carbocycles. The van der Waals surface area contributed by atoms with Crippen molar-refractivity contribution in [1.29, 1.82) is 0 Å². The van der Waals surface area contributed by atoms with Crippen molar-refractivity contribution in [3.63, 3.8) is 0 Å². The first-order chi connectivity index (χ1) is 15.4. The number of rotatable bonds is 6. The van der Waals surface area contributed by atoms with Gasteiger partial charge in [-0.15, -0.1) is 0 Å². The average Bonchev–Trinajstić information content (AvgIpc) is 3.40. The summed E-state index contributed by atoms with van der Waals surface area (Å²) < 4.78 is 18.8. The van der Waals surface area contributed by atoms with Gasteiger partial charge in [-0.25, -0.2) is 0 Å². The maximum atomic E-state index is 13.7. The van der Waals surface area contributed by atoms with E-state index < -0.39 is 18.3 Å². The summed E-state index contributed by atoms with van der Waals surface area (Å²) in [4.78, 5) is 13.7. The highest BCUT2D eigenvalue weighted by Gasteiger charge is 2.50. The van der Waals surface area contributed by atoms with Crippen molar-refractivity contribution >= 4 is 11.0 Å². The summed E-state index contributed by atoms with van der Waals surface area (Å²) >= 11 is 0. The second-order valence-corrected chi connectivity index (χ2v) is 9.73. The Morgan fingerprint density at radius 3 is 2.69 bits per heavy atom.